The highest BCUT2D eigenvalue weighted by molar-refractivity contribution is 5.69. The highest BCUT2D eigenvalue weighted by Gasteiger charge is 2.13. The van der Waals surface area contributed by atoms with Gasteiger partial charge in [-0.3, -0.25) is 9.59 Å². The molecule has 0 rings (SSSR count). The summed E-state index contributed by atoms with van der Waals surface area (Å²) in [5.74, 6) is -0.666. The lowest BCUT2D eigenvalue weighted by Crippen LogP contribution is -2.18. The molecule has 0 aromatic rings. The summed E-state index contributed by atoms with van der Waals surface area (Å²) in [7, 11) is 0. The molecule has 4 heteroatoms. The molecule has 214 valence electrons. The van der Waals surface area contributed by atoms with Crippen LogP contribution in [0.15, 0.2) is 0 Å². The van der Waals surface area contributed by atoms with Crippen molar-refractivity contribution >= 4 is 11.9 Å². The van der Waals surface area contributed by atoms with Crippen LogP contribution in [-0.2, 0) is 14.3 Å². The highest BCUT2D eigenvalue weighted by Crippen LogP contribution is 2.17. The molecular formula is C32H62O4. The van der Waals surface area contributed by atoms with Gasteiger partial charge >= 0.3 is 11.9 Å². The van der Waals surface area contributed by atoms with Gasteiger partial charge < -0.3 is 9.84 Å². The quantitative estimate of drug-likeness (QED) is 0.0802. The van der Waals surface area contributed by atoms with E-state index in [2.05, 4.69) is 13.8 Å². The normalized spacial score (nSPS) is 12.1. The number of rotatable bonds is 29. The Morgan fingerprint density at radius 2 is 0.889 bits per heavy atom. The van der Waals surface area contributed by atoms with Crippen molar-refractivity contribution in [2.24, 2.45) is 0 Å². The molecule has 1 atom stereocenters. The Bertz CT molecular complexity index is 477. The largest absolute Gasteiger partial charge is 0.481 e. The van der Waals surface area contributed by atoms with E-state index in [0.29, 0.717) is 12.8 Å². The van der Waals surface area contributed by atoms with Gasteiger partial charge in [-0.2, -0.15) is 0 Å². The van der Waals surface area contributed by atoms with Gasteiger partial charge in [0.05, 0.1) is 0 Å². The third-order valence-electron chi connectivity index (χ3n) is 7.31. The fraction of sp³-hybridized carbons (Fsp3) is 0.938. The van der Waals surface area contributed by atoms with Crippen LogP contribution in [0.25, 0.3) is 0 Å². The van der Waals surface area contributed by atoms with Gasteiger partial charge in [-0.25, -0.2) is 0 Å². The Kier molecular flexibility index (Phi) is 27.7. The van der Waals surface area contributed by atoms with Crippen molar-refractivity contribution in [2.45, 2.75) is 193 Å². The maximum atomic E-state index is 12.3. The number of hydrogen-bond acceptors (Lipinski definition) is 3. The fourth-order valence-electron chi connectivity index (χ4n) is 5.00. The van der Waals surface area contributed by atoms with Crippen LogP contribution in [0.5, 0.6) is 0 Å². The Balaban J connectivity index is 3.55. The van der Waals surface area contributed by atoms with Crippen molar-refractivity contribution in [3.8, 4) is 0 Å². The van der Waals surface area contributed by atoms with E-state index in [-0.39, 0.29) is 12.1 Å². The standard InChI is InChI=1S/C32H62O4/c1-3-5-6-7-8-9-10-11-12-16-19-22-25-29-32(35)36-30(26-4-2)27-23-20-17-14-13-15-18-21-24-28-31(33)34/h30H,3-29H2,1-2H3,(H,33,34). The van der Waals surface area contributed by atoms with Crippen LogP contribution < -0.4 is 0 Å². The summed E-state index contributed by atoms with van der Waals surface area (Å²) < 4.78 is 5.82. The molecule has 0 spiro atoms. The molecule has 0 aromatic heterocycles. The van der Waals surface area contributed by atoms with Crippen LogP contribution >= 0.6 is 0 Å². The van der Waals surface area contributed by atoms with Crippen LogP contribution in [-0.4, -0.2) is 23.1 Å². The van der Waals surface area contributed by atoms with Crippen molar-refractivity contribution in [1.29, 1.82) is 0 Å². The first-order valence-corrected chi connectivity index (χ1v) is 16.0. The monoisotopic (exact) mass is 510 g/mol. The summed E-state index contributed by atoms with van der Waals surface area (Å²) in [5, 5.41) is 8.65. The lowest BCUT2D eigenvalue weighted by Gasteiger charge is -2.17. The molecule has 0 aliphatic rings. The number of unbranched alkanes of at least 4 members (excludes halogenated alkanes) is 20. The van der Waals surface area contributed by atoms with Gasteiger partial charge in [-0.15, -0.1) is 0 Å². The van der Waals surface area contributed by atoms with Crippen LogP contribution in [0.4, 0.5) is 0 Å². The highest BCUT2D eigenvalue weighted by atomic mass is 16.5. The molecule has 1 unspecified atom stereocenters. The average molecular weight is 511 g/mol. The fourth-order valence-corrected chi connectivity index (χ4v) is 5.00. The van der Waals surface area contributed by atoms with Gasteiger partial charge in [0.25, 0.3) is 0 Å². The first kappa shape index (κ1) is 34.9. The van der Waals surface area contributed by atoms with Crippen molar-refractivity contribution < 1.29 is 19.4 Å². The average Bonchev–Trinajstić information content (AvgIpc) is 2.85. The molecule has 0 fully saturated rings. The SMILES string of the molecule is CCCCCCCCCCCCCCCC(=O)OC(CCC)CCCCCCCCCCCC(=O)O. The smallest absolute Gasteiger partial charge is 0.306 e. The minimum absolute atomic E-state index is 0.0134. The Hall–Kier alpha value is -1.06. The maximum absolute atomic E-state index is 12.3. The summed E-state index contributed by atoms with van der Waals surface area (Å²) >= 11 is 0. The van der Waals surface area contributed by atoms with Crippen LogP contribution in [0.2, 0.25) is 0 Å². The minimum atomic E-state index is -0.679. The van der Waals surface area contributed by atoms with Crippen LogP contribution in [0, 0.1) is 0 Å². The van der Waals surface area contributed by atoms with Gasteiger partial charge in [-0.1, -0.05) is 142 Å². The van der Waals surface area contributed by atoms with Crippen LogP contribution in [0.3, 0.4) is 0 Å². The van der Waals surface area contributed by atoms with E-state index in [1.165, 1.54) is 103 Å². The van der Waals surface area contributed by atoms with E-state index < -0.39 is 5.97 Å². The van der Waals surface area contributed by atoms with Gasteiger partial charge in [-0.05, 0) is 32.1 Å². The maximum Gasteiger partial charge on any atom is 0.306 e. The number of carbonyl (C=O) groups is 2. The molecule has 1 N–H and O–H groups in total. The van der Waals surface area contributed by atoms with Gasteiger partial charge in [0.15, 0.2) is 0 Å². The molecule has 0 aliphatic heterocycles. The number of carbonyl (C=O) groups excluding carboxylic acids is 1. The van der Waals surface area contributed by atoms with E-state index in [1.807, 2.05) is 0 Å². The van der Waals surface area contributed by atoms with E-state index in [4.69, 9.17) is 9.84 Å². The molecule has 4 nitrogen and oxygen atoms in total. The number of carboxylic acid groups (broad SMARTS) is 1. The van der Waals surface area contributed by atoms with E-state index in [9.17, 15) is 9.59 Å². The van der Waals surface area contributed by atoms with Gasteiger partial charge in [0.1, 0.15) is 6.10 Å². The predicted octanol–water partition coefficient (Wildman–Crippen LogP) is 10.6. The number of hydrogen-bond donors (Lipinski definition) is 1. The third kappa shape index (κ3) is 27.5. The number of esters is 1. The lowest BCUT2D eigenvalue weighted by atomic mass is 10.0. The molecule has 0 heterocycles. The third-order valence-corrected chi connectivity index (χ3v) is 7.31. The number of aliphatic carboxylic acids is 1. The summed E-state index contributed by atoms with van der Waals surface area (Å²) in [5.41, 5.74) is 0. The second-order valence-electron chi connectivity index (χ2n) is 11.0. The number of carboxylic acids is 1. The van der Waals surface area contributed by atoms with Crippen molar-refractivity contribution in [3.05, 3.63) is 0 Å². The molecule has 0 aliphatic carbocycles. The molecule has 0 aromatic carbocycles. The van der Waals surface area contributed by atoms with Gasteiger partial charge in [0, 0.05) is 12.8 Å². The second-order valence-corrected chi connectivity index (χ2v) is 11.0. The van der Waals surface area contributed by atoms with Crippen LogP contribution in [0.1, 0.15) is 187 Å². The molecule has 0 saturated heterocycles. The molecule has 0 amide bonds. The zero-order valence-electron chi connectivity index (χ0n) is 24.3. The topological polar surface area (TPSA) is 63.6 Å². The zero-order chi connectivity index (χ0) is 26.5. The number of ether oxygens (including phenoxy) is 1. The summed E-state index contributed by atoms with van der Waals surface area (Å²) in [6.07, 6.45) is 31.6. The van der Waals surface area contributed by atoms with E-state index in [0.717, 1.165) is 57.8 Å². The van der Waals surface area contributed by atoms with E-state index >= 15 is 0 Å². The van der Waals surface area contributed by atoms with Gasteiger partial charge in [0.2, 0.25) is 0 Å². The molecule has 0 bridgehead atoms. The minimum Gasteiger partial charge on any atom is -0.481 e. The van der Waals surface area contributed by atoms with Crippen molar-refractivity contribution in [2.75, 3.05) is 0 Å². The first-order valence-electron chi connectivity index (χ1n) is 16.0. The molecule has 0 radical (unpaired) electrons. The Morgan fingerprint density at radius 1 is 0.500 bits per heavy atom. The molecule has 0 saturated carbocycles. The second kappa shape index (κ2) is 28.5. The summed E-state index contributed by atoms with van der Waals surface area (Å²) in [4.78, 5) is 22.8. The molecule has 36 heavy (non-hydrogen) atoms. The Morgan fingerprint density at radius 3 is 1.31 bits per heavy atom. The summed E-state index contributed by atoms with van der Waals surface area (Å²) in [6, 6.07) is 0. The van der Waals surface area contributed by atoms with Crippen molar-refractivity contribution in [3.63, 3.8) is 0 Å². The first-order chi connectivity index (χ1) is 17.6. The zero-order valence-corrected chi connectivity index (χ0v) is 24.3. The lowest BCUT2D eigenvalue weighted by molar-refractivity contribution is -0.150. The predicted molar refractivity (Wildman–Crippen MR) is 154 cm³/mol. The van der Waals surface area contributed by atoms with Crippen molar-refractivity contribution in [1.82, 2.24) is 0 Å². The molecular weight excluding hydrogens is 448 g/mol. The summed E-state index contributed by atoms with van der Waals surface area (Å²) in [6.45, 7) is 4.45. The van der Waals surface area contributed by atoms with E-state index in [1.54, 1.807) is 0 Å². The Labute approximate surface area is 224 Å².